The van der Waals surface area contributed by atoms with Gasteiger partial charge in [-0.3, -0.25) is 10.1 Å². The quantitative estimate of drug-likeness (QED) is 0.617. The maximum absolute atomic E-state index is 10.9. The Balaban J connectivity index is 2.25. The highest BCUT2D eigenvalue weighted by Gasteiger charge is 2.13. The van der Waals surface area contributed by atoms with Crippen LogP contribution in [0.4, 0.5) is 11.4 Å². The van der Waals surface area contributed by atoms with Gasteiger partial charge in [0.25, 0.3) is 5.69 Å². The number of halogens is 1. The van der Waals surface area contributed by atoms with E-state index < -0.39 is 4.92 Å². The van der Waals surface area contributed by atoms with Crippen molar-refractivity contribution < 1.29 is 4.92 Å². The van der Waals surface area contributed by atoms with Crippen LogP contribution in [-0.2, 0) is 6.54 Å². The zero-order valence-electron chi connectivity index (χ0n) is 12.3. The molecule has 21 heavy (non-hydrogen) atoms. The summed E-state index contributed by atoms with van der Waals surface area (Å²) in [6.45, 7) is 4.69. The first-order valence-corrected chi connectivity index (χ1v) is 6.97. The molecular formula is C16H17ClN2O2. The van der Waals surface area contributed by atoms with Gasteiger partial charge in [-0.25, -0.2) is 0 Å². The third-order valence-corrected chi connectivity index (χ3v) is 3.59. The predicted molar refractivity (Wildman–Crippen MR) is 86.1 cm³/mol. The molecular weight excluding hydrogens is 288 g/mol. The minimum atomic E-state index is -0.456. The maximum Gasteiger partial charge on any atom is 0.288 e. The van der Waals surface area contributed by atoms with Crippen LogP contribution in [0.3, 0.4) is 0 Å². The van der Waals surface area contributed by atoms with Gasteiger partial charge < -0.3 is 4.90 Å². The molecule has 0 heterocycles. The number of benzene rings is 2. The van der Waals surface area contributed by atoms with Crippen LogP contribution in [0.1, 0.15) is 16.7 Å². The molecule has 0 fully saturated rings. The first-order valence-electron chi connectivity index (χ1n) is 6.59. The summed E-state index contributed by atoms with van der Waals surface area (Å²) in [4.78, 5) is 12.5. The molecule has 0 saturated heterocycles. The average Bonchev–Trinajstić information content (AvgIpc) is 2.39. The van der Waals surface area contributed by atoms with Crippen molar-refractivity contribution in [2.45, 2.75) is 20.4 Å². The summed E-state index contributed by atoms with van der Waals surface area (Å²) in [6, 6.07) is 11.2. The lowest BCUT2D eigenvalue weighted by molar-refractivity contribution is -0.384. The second kappa shape index (κ2) is 6.14. The lowest BCUT2D eigenvalue weighted by Gasteiger charge is -2.20. The number of nitrogens with zero attached hydrogens (tertiary/aromatic N) is 2. The summed E-state index contributed by atoms with van der Waals surface area (Å²) in [7, 11) is 1.97. The predicted octanol–water partition coefficient (Wildman–Crippen LogP) is 4.50. The van der Waals surface area contributed by atoms with Crippen LogP contribution < -0.4 is 4.90 Å². The fraction of sp³-hybridized carbons (Fsp3) is 0.250. The molecule has 4 nitrogen and oxygen atoms in total. The average molecular weight is 305 g/mol. The van der Waals surface area contributed by atoms with Crippen molar-refractivity contribution in [3.05, 3.63) is 68.2 Å². The molecule has 2 rings (SSSR count). The summed E-state index contributed by atoms with van der Waals surface area (Å²) in [5, 5.41) is 11.1. The van der Waals surface area contributed by atoms with E-state index in [0.717, 1.165) is 11.3 Å². The summed E-state index contributed by atoms with van der Waals surface area (Å²) in [5.74, 6) is 0. The van der Waals surface area contributed by atoms with Crippen molar-refractivity contribution in [2.75, 3.05) is 11.9 Å². The minimum Gasteiger partial charge on any atom is -0.370 e. The van der Waals surface area contributed by atoms with Gasteiger partial charge in [0.15, 0.2) is 0 Å². The highest BCUT2D eigenvalue weighted by molar-refractivity contribution is 6.32. The normalized spacial score (nSPS) is 10.5. The largest absolute Gasteiger partial charge is 0.370 e. The van der Waals surface area contributed by atoms with Gasteiger partial charge in [0.1, 0.15) is 5.02 Å². The Kier molecular flexibility index (Phi) is 4.48. The third-order valence-electron chi connectivity index (χ3n) is 3.27. The van der Waals surface area contributed by atoms with Crippen molar-refractivity contribution in [2.24, 2.45) is 0 Å². The number of nitro groups is 1. The highest BCUT2D eigenvalue weighted by atomic mass is 35.5. The van der Waals surface area contributed by atoms with E-state index in [1.54, 1.807) is 6.07 Å². The second-order valence-electron chi connectivity index (χ2n) is 5.24. The van der Waals surface area contributed by atoms with Crippen LogP contribution >= 0.6 is 11.6 Å². The van der Waals surface area contributed by atoms with Gasteiger partial charge in [0.2, 0.25) is 0 Å². The van der Waals surface area contributed by atoms with Gasteiger partial charge in [-0.2, -0.15) is 0 Å². The fourth-order valence-corrected chi connectivity index (χ4v) is 2.52. The van der Waals surface area contributed by atoms with Crippen molar-refractivity contribution in [3.63, 3.8) is 0 Å². The number of nitro benzene ring substituents is 1. The fourth-order valence-electron chi connectivity index (χ4n) is 2.33. The lowest BCUT2D eigenvalue weighted by atomic mass is 10.1. The van der Waals surface area contributed by atoms with Gasteiger partial charge in [0.05, 0.1) is 4.92 Å². The van der Waals surface area contributed by atoms with Crippen LogP contribution in [0.2, 0.25) is 5.02 Å². The first-order chi connectivity index (χ1) is 9.86. The smallest absolute Gasteiger partial charge is 0.288 e. The summed E-state index contributed by atoms with van der Waals surface area (Å²) in [6.07, 6.45) is 0. The third kappa shape index (κ3) is 3.73. The first kappa shape index (κ1) is 15.3. The molecule has 5 heteroatoms. The number of aryl methyl sites for hydroxylation is 2. The molecule has 0 saturated carbocycles. The Bertz CT molecular complexity index is 666. The van der Waals surface area contributed by atoms with Gasteiger partial charge >= 0.3 is 0 Å². The van der Waals surface area contributed by atoms with Crippen molar-refractivity contribution in [1.29, 1.82) is 0 Å². The molecule has 0 radical (unpaired) electrons. The number of anilines is 1. The van der Waals surface area contributed by atoms with E-state index in [0.29, 0.717) is 6.54 Å². The maximum atomic E-state index is 10.9. The van der Waals surface area contributed by atoms with Crippen LogP contribution in [-0.4, -0.2) is 12.0 Å². The number of rotatable bonds is 4. The molecule has 110 valence electrons. The molecule has 0 spiro atoms. The van der Waals surface area contributed by atoms with E-state index >= 15 is 0 Å². The van der Waals surface area contributed by atoms with E-state index in [1.165, 1.54) is 17.2 Å². The zero-order valence-corrected chi connectivity index (χ0v) is 13.0. The molecule has 0 amide bonds. The number of hydrogen-bond donors (Lipinski definition) is 0. The topological polar surface area (TPSA) is 46.4 Å². The van der Waals surface area contributed by atoms with Crippen LogP contribution in [0.5, 0.6) is 0 Å². The van der Waals surface area contributed by atoms with Crippen LogP contribution in [0.15, 0.2) is 36.4 Å². The van der Waals surface area contributed by atoms with E-state index in [9.17, 15) is 10.1 Å². The molecule has 0 aliphatic carbocycles. The van der Waals surface area contributed by atoms with E-state index in [4.69, 9.17) is 11.6 Å². The molecule has 2 aromatic rings. The lowest BCUT2D eigenvalue weighted by Crippen LogP contribution is -2.16. The Morgan fingerprint density at radius 3 is 2.33 bits per heavy atom. The summed E-state index contributed by atoms with van der Waals surface area (Å²) >= 11 is 5.83. The molecule has 0 aliphatic heterocycles. The zero-order chi connectivity index (χ0) is 15.6. The van der Waals surface area contributed by atoms with E-state index in [2.05, 4.69) is 36.9 Å². The van der Waals surface area contributed by atoms with E-state index in [-0.39, 0.29) is 10.7 Å². The standard InChI is InChI=1S/C16H17ClN2O2/c1-11-6-12(2)8-14(7-11)18(3)10-13-4-5-15(17)16(9-13)19(20)21/h4-9H,10H2,1-3H3. The van der Waals surface area contributed by atoms with Crippen molar-refractivity contribution in [1.82, 2.24) is 0 Å². The molecule has 0 N–H and O–H groups in total. The molecule has 0 aromatic heterocycles. The van der Waals surface area contributed by atoms with Crippen LogP contribution in [0, 0.1) is 24.0 Å². The van der Waals surface area contributed by atoms with Crippen molar-refractivity contribution >= 4 is 23.0 Å². The minimum absolute atomic E-state index is 0.0528. The summed E-state index contributed by atoms with van der Waals surface area (Å²) in [5.41, 5.74) is 4.28. The Hall–Kier alpha value is -2.07. The monoisotopic (exact) mass is 304 g/mol. The molecule has 0 bridgehead atoms. The Morgan fingerprint density at radius 1 is 1.14 bits per heavy atom. The summed E-state index contributed by atoms with van der Waals surface area (Å²) < 4.78 is 0. The van der Waals surface area contributed by atoms with Gasteiger partial charge in [-0.15, -0.1) is 0 Å². The van der Waals surface area contributed by atoms with Gasteiger partial charge in [-0.1, -0.05) is 23.7 Å². The van der Waals surface area contributed by atoms with Crippen LogP contribution in [0.25, 0.3) is 0 Å². The molecule has 0 atom stereocenters. The van der Waals surface area contributed by atoms with E-state index in [1.807, 2.05) is 13.1 Å². The molecule has 0 aliphatic rings. The SMILES string of the molecule is Cc1cc(C)cc(N(C)Cc2ccc(Cl)c([N+](=O)[O-])c2)c1. The Morgan fingerprint density at radius 2 is 1.76 bits per heavy atom. The van der Waals surface area contributed by atoms with Gasteiger partial charge in [-0.05, 0) is 48.7 Å². The highest BCUT2D eigenvalue weighted by Crippen LogP contribution is 2.26. The second-order valence-corrected chi connectivity index (χ2v) is 5.65. The molecule has 0 unspecified atom stereocenters. The van der Waals surface area contributed by atoms with Gasteiger partial charge in [0, 0.05) is 25.3 Å². The number of hydrogen-bond acceptors (Lipinski definition) is 3. The van der Waals surface area contributed by atoms with Crippen molar-refractivity contribution in [3.8, 4) is 0 Å². The molecule has 2 aromatic carbocycles. The Labute approximate surface area is 129 Å².